The molecule has 3 rings (SSSR count). The standard InChI is InChI=1S/C25H33FOS/c1-4-6-14-25(15-7-5-2)17-28-22-13-8-18(3)16-21(22)23(24(25)27)19-9-11-20(26)12-10-19/h8-13,16,23-24,27H,4-7,14-15,17H2,1-3H3/t23-,24-/m1/s1. The number of thioether (sulfide) groups is 1. The lowest BCUT2D eigenvalue weighted by Gasteiger charge is -2.40. The topological polar surface area (TPSA) is 20.2 Å². The van der Waals surface area contributed by atoms with Crippen LogP contribution in [0, 0.1) is 18.2 Å². The second kappa shape index (κ2) is 9.45. The van der Waals surface area contributed by atoms with Gasteiger partial charge < -0.3 is 5.11 Å². The van der Waals surface area contributed by atoms with E-state index in [9.17, 15) is 9.50 Å². The molecular formula is C25H33FOS. The molecule has 1 heterocycles. The quantitative estimate of drug-likeness (QED) is 0.535. The highest BCUT2D eigenvalue weighted by atomic mass is 32.2. The van der Waals surface area contributed by atoms with E-state index in [4.69, 9.17) is 0 Å². The van der Waals surface area contributed by atoms with Gasteiger partial charge in [-0.2, -0.15) is 0 Å². The highest BCUT2D eigenvalue weighted by Crippen LogP contribution is 2.51. The van der Waals surface area contributed by atoms with Crippen molar-refractivity contribution in [3.63, 3.8) is 0 Å². The predicted octanol–water partition coefficient (Wildman–Crippen LogP) is 7.10. The molecule has 0 saturated heterocycles. The van der Waals surface area contributed by atoms with E-state index in [1.165, 1.54) is 28.2 Å². The molecule has 0 radical (unpaired) electrons. The molecule has 1 aliphatic heterocycles. The summed E-state index contributed by atoms with van der Waals surface area (Å²) < 4.78 is 13.6. The summed E-state index contributed by atoms with van der Waals surface area (Å²) in [5.41, 5.74) is 3.30. The van der Waals surface area contributed by atoms with E-state index in [0.29, 0.717) is 0 Å². The average molecular weight is 401 g/mol. The number of hydrogen-bond acceptors (Lipinski definition) is 2. The van der Waals surface area contributed by atoms with Gasteiger partial charge in [-0.25, -0.2) is 4.39 Å². The third kappa shape index (κ3) is 4.46. The molecule has 0 unspecified atom stereocenters. The van der Waals surface area contributed by atoms with E-state index < -0.39 is 6.10 Å². The fraction of sp³-hybridized carbons (Fsp3) is 0.520. The fourth-order valence-corrected chi connectivity index (χ4v) is 5.95. The van der Waals surface area contributed by atoms with Crippen molar-refractivity contribution in [2.45, 2.75) is 76.2 Å². The van der Waals surface area contributed by atoms with Crippen molar-refractivity contribution in [3.05, 3.63) is 65.0 Å². The maximum absolute atomic E-state index is 13.6. The molecule has 28 heavy (non-hydrogen) atoms. The van der Waals surface area contributed by atoms with Crippen LogP contribution in [0.3, 0.4) is 0 Å². The summed E-state index contributed by atoms with van der Waals surface area (Å²) in [6, 6.07) is 13.3. The van der Waals surface area contributed by atoms with E-state index in [0.717, 1.165) is 49.8 Å². The van der Waals surface area contributed by atoms with Gasteiger partial charge in [0.1, 0.15) is 5.82 Å². The molecule has 1 nitrogen and oxygen atoms in total. The summed E-state index contributed by atoms with van der Waals surface area (Å²) in [6.07, 6.45) is 6.16. The van der Waals surface area contributed by atoms with E-state index in [1.54, 1.807) is 0 Å². The van der Waals surface area contributed by atoms with Crippen LogP contribution in [0.4, 0.5) is 4.39 Å². The van der Waals surface area contributed by atoms with Crippen LogP contribution in [0.5, 0.6) is 0 Å². The molecular weight excluding hydrogens is 367 g/mol. The van der Waals surface area contributed by atoms with Gasteiger partial charge in [-0.05, 0) is 49.1 Å². The van der Waals surface area contributed by atoms with Gasteiger partial charge in [0, 0.05) is 22.0 Å². The summed E-state index contributed by atoms with van der Waals surface area (Å²) >= 11 is 1.90. The van der Waals surface area contributed by atoms with E-state index in [-0.39, 0.29) is 17.2 Å². The molecule has 1 N–H and O–H groups in total. The van der Waals surface area contributed by atoms with Crippen LogP contribution in [-0.2, 0) is 0 Å². The van der Waals surface area contributed by atoms with Crippen LogP contribution >= 0.6 is 11.8 Å². The number of benzene rings is 2. The minimum absolute atomic E-state index is 0.108. The fourth-order valence-electron chi connectivity index (χ4n) is 4.53. The summed E-state index contributed by atoms with van der Waals surface area (Å²) in [5.74, 6) is 0.607. The lowest BCUT2D eigenvalue weighted by molar-refractivity contribution is 0.0135. The molecule has 3 heteroatoms. The molecule has 2 aromatic rings. The summed E-state index contributed by atoms with van der Waals surface area (Å²) in [6.45, 7) is 6.55. The Bertz CT molecular complexity index is 763. The average Bonchev–Trinajstić information content (AvgIpc) is 2.81. The van der Waals surface area contributed by atoms with Crippen molar-refractivity contribution in [1.82, 2.24) is 0 Å². The summed E-state index contributed by atoms with van der Waals surface area (Å²) in [7, 11) is 0. The van der Waals surface area contributed by atoms with Crippen LogP contribution in [0.2, 0.25) is 0 Å². The van der Waals surface area contributed by atoms with Crippen molar-refractivity contribution in [2.75, 3.05) is 5.75 Å². The number of hydrogen-bond donors (Lipinski definition) is 1. The number of aryl methyl sites for hydroxylation is 1. The first-order valence-corrected chi connectivity index (χ1v) is 11.7. The van der Waals surface area contributed by atoms with Gasteiger partial charge in [0.2, 0.25) is 0 Å². The van der Waals surface area contributed by atoms with Gasteiger partial charge in [0.25, 0.3) is 0 Å². The van der Waals surface area contributed by atoms with Crippen LogP contribution in [0.15, 0.2) is 47.4 Å². The molecule has 0 bridgehead atoms. The SMILES string of the molecule is CCCCC1(CCCC)CSc2ccc(C)cc2[C@@H](c2ccc(F)cc2)[C@H]1O. The van der Waals surface area contributed by atoms with E-state index in [1.807, 2.05) is 23.9 Å². The second-order valence-electron chi connectivity index (χ2n) is 8.37. The minimum atomic E-state index is -0.466. The number of halogens is 1. The third-order valence-electron chi connectivity index (χ3n) is 6.24. The molecule has 2 atom stereocenters. The molecule has 2 aromatic carbocycles. The Balaban J connectivity index is 2.12. The normalized spacial score (nSPS) is 21.2. The highest BCUT2D eigenvalue weighted by molar-refractivity contribution is 7.99. The molecule has 152 valence electrons. The Labute approximate surface area is 173 Å². The predicted molar refractivity (Wildman–Crippen MR) is 118 cm³/mol. The zero-order valence-electron chi connectivity index (χ0n) is 17.4. The molecule has 0 fully saturated rings. The number of aliphatic hydroxyl groups excluding tert-OH is 1. The first-order chi connectivity index (χ1) is 13.5. The Morgan fingerprint density at radius 2 is 1.68 bits per heavy atom. The van der Waals surface area contributed by atoms with Gasteiger partial charge in [-0.3, -0.25) is 0 Å². The number of fused-ring (bicyclic) bond motifs is 1. The van der Waals surface area contributed by atoms with Crippen molar-refractivity contribution in [2.24, 2.45) is 5.41 Å². The van der Waals surface area contributed by atoms with Crippen molar-refractivity contribution in [3.8, 4) is 0 Å². The molecule has 0 aliphatic carbocycles. The number of unbranched alkanes of at least 4 members (excludes halogenated alkanes) is 2. The van der Waals surface area contributed by atoms with Crippen molar-refractivity contribution in [1.29, 1.82) is 0 Å². The molecule has 1 aliphatic rings. The Morgan fingerprint density at radius 1 is 1.04 bits per heavy atom. The lowest BCUT2D eigenvalue weighted by Crippen LogP contribution is -2.41. The van der Waals surface area contributed by atoms with Gasteiger partial charge >= 0.3 is 0 Å². The Hall–Kier alpha value is -1.32. The summed E-state index contributed by atoms with van der Waals surface area (Å²) in [4.78, 5) is 1.26. The van der Waals surface area contributed by atoms with Crippen molar-refractivity contribution < 1.29 is 9.50 Å². The van der Waals surface area contributed by atoms with Crippen LogP contribution in [0.25, 0.3) is 0 Å². The lowest BCUT2D eigenvalue weighted by atomic mass is 9.68. The Kier molecular flexibility index (Phi) is 7.22. The van der Waals surface area contributed by atoms with Crippen molar-refractivity contribution >= 4 is 11.8 Å². The summed E-state index contributed by atoms with van der Waals surface area (Å²) in [5, 5.41) is 11.9. The first-order valence-electron chi connectivity index (χ1n) is 10.7. The highest BCUT2D eigenvalue weighted by Gasteiger charge is 2.45. The maximum atomic E-state index is 13.6. The first kappa shape index (κ1) is 21.4. The molecule has 0 spiro atoms. The third-order valence-corrected chi connectivity index (χ3v) is 7.65. The second-order valence-corrected chi connectivity index (χ2v) is 9.39. The van der Waals surface area contributed by atoms with E-state index in [2.05, 4.69) is 39.0 Å². The largest absolute Gasteiger partial charge is 0.392 e. The number of aliphatic hydroxyl groups is 1. The van der Waals surface area contributed by atoms with Crippen LogP contribution in [-0.4, -0.2) is 17.0 Å². The maximum Gasteiger partial charge on any atom is 0.123 e. The zero-order valence-corrected chi connectivity index (χ0v) is 18.2. The van der Waals surface area contributed by atoms with Crippen LogP contribution < -0.4 is 0 Å². The molecule has 0 aromatic heterocycles. The van der Waals surface area contributed by atoms with Gasteiger partial charge in [-0.1, -0.05) is 69.4 Å². The molecule has 0 saturated carbocycles. The van der Waals surface area contributed by atoms with Gasteiger partial charge in [-0.15, -0.1) is 11.8 Å². The van der Waals surface area contributed by atoms with Gasteiger partial charge in [0.15, 0.2) is 0 Å². The van der Waals surface area contributed by atoms with E-state index >= 15 is 0 Å². The zero-order chi connectivity index (χ0) is 20.1. The smallest absolute Gasteiger partial charge is 0.123 e. The molecule has 0 amide bonds. The monoisotopic (exact) mass is 400 g/mol. The number of rotatable bonds is 7. The van der Waals surface area contributed by atoms with Crippen LogP contribution in [0.1, 0.15) is 75.0 Å². The van der Waals surface area contributed by atoms with Gasteiger partial charge in [0.05, 0.1) is 6.10 Å². The minimum Gasteiger partial charge on any atom is -0.392 e. The Morgan fingerprint density at radius 3 is 2.29 bits per heavy atom.